The largest absolute Gasteiger partial charge is 0.353 e. The van der Waals surface area contributed by atoms with E-state index in [4.69, 9.17) is 0 Å². The van der Waals surface area contributed by atoms with Crippen LogP contribution >= 0.6 is 0 Å². The van der Waals surface area contributed by atoms with Gasteiger partial charge < -0.3 is 5.32 Å². The van der Waals surface area contributed by atoms with Gasteiger partial charge in [-0.25, -0.2) is 0 Å². The Morgan fingerprint density at radius 1 is 0.946 bits per heavy atom. The monoisotopic (exact) mass is 506 g/mol. The second-order valence-electron chi connectivity index (χ2n) is 15.5. The number of Topliss-reactive ketones (excluding diaryl/α,β-unsaturated/α-hetero) is 2. The quantitative estimate of drug-likeness (QED) is 0.470. The predicted molar refractivity (Wildman–Crippen MR) is 143 cm³/mol. The molecule has 5 rings (SSSR count). The van der Waals surface area contributed by atoms with Crippen LogP contribution in [0.2, 0.25) is 0 Å². The Hall–Kier alpha value is -1.96. The van der Waals surface area contributed by atoms with E-state index in [1.54, 1.807) is 6.92 Å². The van der Waals surface area contributed by atoms with Gasteiger partial charge in [0.1, 0.15) is 11.9 Å². The van der Waals surface area contributed by atoms with Gasteiger partial charge in [0.25, 0.3) is 0 Å². The van der Waals surface area contributed by atoms with Gasteiger partial charge in [-0.05, 0) is 83.9 Å². The van der Waals surface area contributed by atoms with Crippen molar-refractivity contribution in [2.45, 2.75) is 106 Å². The third-order valence-corrected chi connectivity index (χ3v) is 12.7. The van der Waals surface area contributed by atoms with Crippen LogP contribution in [0.3, 0.4) is 0 Å². The molecule has 202 valence electrons. The summed E-state index contributed by atoms with van der Waals surface area (Å²) in [6.07, 6.45) is 8.49. The van der Waals surface area contributed by atoms with E-state index in [1.807, 2.05) is 19.9 Å². The van der Waals surface area contributed by atoms with E-state index in [0.29, 0.717) is 18.1 Å². The third-order valence-electron chi connectivity index (χ3n) is 12.7. The SMILES string of the molecule is CC(=O)N[C@@H]1CC(C)(C)C[C@H]2[C@@H]1CC[C@]1(C)[C@@H]2C(=O)C[C@@H]2[C@@]3(C)C=C(C#N)C(=O)C(C)(C)[C@@H]3CC[C@]21C. The van der Waals surface area contributed by atoms with Crippen LogP contribution in [0.15, 0.2) is 11.6 Å². The fourth-order valence-electron chi connectivity index (χ4n) is 11.1. The van der Waals surface area contributed by atoms with Crippen molar-refractivity contribution in [1.29, 1.82) is 5.26 Å². The maximum atomic E-state index is 14.4. The molecule has 5 aliphatic carbocycles. The molecular formula is C32H46N2O3. The molecule has 0 saturated heterocycles. The number of hydrogen-bond donors (Lipinski definition) is 1. The molecule has 5 heteroatoms. The summed E-state index contributed by atoms with van der Waals surface area (Å²) < 4.78 is 0. The first-order chi connectivity index (χ1) is 17.0. The Morgan fingerprint density at radius 3 is 2.22 bits per heavy atom. The first-order valence-electron chi connectivity index (χ1n) is 14.5. The van der Waals surface area contributed by atoms with Crippen LogP contribution in [-0.2, 0) is 14.4 Å². The van der Waals surface area contributed by atoms with Crippen molar-refractivity contribution in [2.75, 3.05) is 0 Å². The molecule has 0 radical (unpaired) electrons. The average Bonchev–Trinajstić information content (AvgIpc) is 2.76. The molecule has 37 heavy (non-hydrogen) atoms. The predicted octanol–water partition coefficient (Wildman–Crippen LogP) is 6.03. The van der Waals surface area contributed by atoms with Gasteiger partial charge in [-0.15, -0.1) is 0 Å². The van der Waals surface area contributed by atoms with Crippen LogP contribution in [0.5, 0.6) is 0 Å². The van der Waals surface area contributed by atoms with Crippen molar-refractivity contribution in [2.24, 2.45) is 56.7 Å². The van der Waals surface area contributed by atoms with Crippen LogP contribution in [0.4, 0.5) is 0 Å². The normalized spacial score (nSPS) is 47.8. The smallest absolute Gasteiger partial charge is 0.217 e. The highest BCUT2D eigenvalue weighted by molar-refractivity contribution is 6.04. The van der Waals surface area contributed by atoms with Gasteiger partial charge in [-0.2, -0.15) is 5.26 Å². The Morgan fingerprint density at radius 2 is 1.59 bits per heavy atom. The van der Waals surface area contributed by atoms with E-state index in [2.05, 4.69) is 46.0 Å². The molecule has 9 atom stereocenters. The summed E-state index contributed by atoms with van der Waals surface area (Å²) in [5.74, 6) is 1.24. The van der Waals surface area contributed by atoms with E-state index in [-0.39, 0.29) is 68.6 Å². The highest BCUT2D eigenvalue weighted by atomic mass is 16.1. The number of nitrogens with zero attached hydrogens (tertiary/aromatic N) is 1. The fourth-order valence-corrected chi connectivity index (χ4v) is 11.1. The van der Waals surface area contributed by atoms with E-state index in [1.165, 1.54) is 0 Å². The molecule has 4 saturated carbocycles. The Labute approximate surface area is 223 Å². The van der Waals surface area contributed by atoms with Crippen LogP contribution in [0.25, 0.3) is 0 Å². The van der Waals surface area contributed by atoms with E-state index in [9.17, 15) is 19.6 Å². The van der Waals surface area contributed by atoms with E-state index < -0.39 is 5.41 Å². The number of fused-ring (bicyclic) bond motifs is 7. The summed E-state index contributed by atoms with van der Waals surface area (Å²) in [6, 6.07) is 2.34. The number of ketones is 2. The first-order valence-corrected chi connectivity index (χ1v) is 14.5. The minimum Gasteiger partial charge on any atom is -0.353 e. The Balaban J connectivity index is 1.59. The van der Waals surface area contributed by atoms with Crippen LogP contribution in [-0.4, -0.2) is 23.5 Å². The van der Waals surface area contributed by atoms with Gasteiger partial charge >= 0.3 is 0 Å². The maximum absolute atomic E-state index is 14.4. The summed E-state index contributed by atoms with van der Waals surface area (Å²) in [5, 5.41) is 13.2. The van der Waals surface area contributed by atoms with Crippen LogP contribution < -0.4 is 5.32 Å². The molecule has 1 N–H and O–H groups in total. The van der Waals surface area contributed by atoms with Crippen molar-refractivity contribution in [3.63, 3.8) is 0 Å². The first kappa shape index (κ1) is 26.6. The van der Waals surface area contributed by atoms with Crippen molar-refractivity contribution < 1.29 is 14.4 Å². The number of carbonyl (C=O) groups is 3. The highest BCUT2D eigenvalue weighted by Gasteiger charge is 2.71. The third kappa shape index (κ3) is 3.49. The van der Waals surface area contributed by atoms with Crippen LogP contribution in [0, 0.1) is 68.0 Å². The zero-order chi connectivity index (χ0) is 27.3. The van der Waals surface area contributed by atoms with E-state index >= 15 is 0 Å². The fraction of sp³-hybridized carbons (Fsp3) is 0.812. The summed E-state index contributed by atoms with van der Waals surface area (Å²) in [4.78, 5) is 39.7. The van der Waals surface area contributed by atoms with Crippen LogP contribution in [0.1, 0.15) is 100 Å². The summed E-state index contributed by atoms with van der Waals surface area (Å²) in [7, 11) is 0. The second-order valence-corrected chi connectivity index (χ2v) is 15.5. The lowest BCUT2D eigenvalue weighted by atomic mass is 9.32. The molecule has 0 aromatic rings. The summed E-state index contributed by atoms with van der Waals surface area (Å²) in [5.41, 5.74) is -0.799. The standard InChI is InChI=1S/C32H46N2O3/c1-18(35)34-22-16-28(2,3)15-21-20(22)9-11-32(8)26(21)23(36)13-25-30(6)14-19(17-33)27(37)29(4,5)24(30)10-12-31(25,32)7/h14,20-22,24-26H,9-13,15-16H2,1-8H3,(H,34,35)/t20-,21-,22+,24-,25+,26-,30-,31+,32+/m0/s1. The number of amides is 1. The molecule has 0 aliphatic heterocycles. The van der Waals surface area contributed by atoms with Crippen molar-refractivity contribution >= 4 is 17.5 Å². The second kappa shape index (κ2) is 8.03. The van der Waals surface area contributed by atoms with Gasteiger partial charge in [-0.1, -0.05) is 54.5 Å². The minimum atomic E-state index is -0.604. The topological polar surface area (TPSA) is 87.0 Å². The number of allylic oxidation sites excluding steroid dienone is 2. The number of carbonyl (C=O) groups excluding carboxylic acids is 3. The number of hydrogen-bond acceptors (Lipinski definition) is 4. The average molecular weight is 507 g/mol. The summed E-state index contributed by atoms with van der Waals surface area (Å²) >= 11 is 0. The molecule has 1 amide bonds. The van der Waals surface area contributed by atoms with Gasteiger partial charge in [0.05, 0.1) is 5.57 Å². The Kier molecular flexibility index (Phi) is 5.78. The molecule has 0 aromatic carbocycles. The van der Waals surface area contributed by atoms with Crippen molar-refractivity contribution in [3.05, 3.63) is 11.6 Å². The zero-order valence-electron chi connectivity index (χ0n) is 24.2. The van der Waals surface area contributed by atoms with Gasteiger partial charge in [0, 0.05) is 30.7 Å². The van der Waals surface area contributed by atoms with Gasteiger partial charge in [-0.3, -0.25) is 14.4 Å². The van der Waals surface area contributed by atoms with Gasteiger partial charge in [0.2, 0.25) is 5.91 Å². The molecule has 0 spiro atoms. The summed E-state index contributed by atoms with van der Waals surface area (Å²) in [6.45, 7) is 17.3. The maximum Gasteiger partial charge on any atom is 0.217 e. The molecule has 5 nitrogen and oxygen atoms in total. The molecule has 0 bridgehead atoms. The number of nitriles is 1. The zero-order valence-corrected chi connectivity index (χ0v) is 24.2. The highest BCUT2D eigenvalue weighted by Crippen LogP contribution is 2.74. The number of nitrogens with one attached hydrogen (secondary N) is 1. The molecule has 5 aliphatic rings. The lowest BCUT2D eigenvalue weighted by Crippen LogP contribution is -2.68. The molecule has 4 fully saturated rings. The van der Waals surface area contributed by atoms with Gasteiger partial charge in [0.15, 0.2) is 5.78 Å². The molecular weight excluding hydrogens is 460 g/mol. The minimum absolute atomic E-state index is 0.00105. The van der Waals surface area contributed by atoms with E-state index in [0.717, 1.165) is 38.5 Å². The molecule has 0 heterocycles. The van der Waals surface area contributed by atoms with Crippen molar-refractivity contribution in [3.8, 4) is 6.07 Å². The lowest BCUT2D eigenvalue weighted by molar-refractivity contribution is -0.212. The number of rotatable bonds is 1. The Bertz CT molecular complexity index is 1130. The molecule has 0 aromatic heterocycles. The van der Waals surface area contributed by atoms with Crippen molar-refractivity contribution in [1.82, 2.24) is 5.32 Å². The molecule has 0 unspecified atom stereocenters. The lowest BCUT2D eigenvalue weighted by Gasteiger charge is -2.71.